The highest BCUT2D eigenvalue weighted by atomic mass is 32.2. The van der Waals surface area contributed by atoms with Gasteiger partial charge in [-0.15, -0.1) is 0 Å². The number of carbonyl (C=O) groups excluding carboxylic acids is 1. The molecule has 0 saturated carbocycles. The Morgan fingerprint density at radius 3 is 2.47 bits per heavy atom. The highest BCUT2D eigenvalue weighted by Gasteiger charge is 2.27. The van der Waals surface area contributed by atoms with Gasteiger partial charge in [0.05, 0.1) is 23.6 Å². The number of morpholine rings is 1. The summed E-state index contributed by atoms with van der Waals surface area (Å²) in [6.45, 7) is 3.70. The van der Waals surface area contributed by atoms with E-state index in [1.807, 2.05) is 37.3 Å². The minimum Gasteiger partial charge on any atom is -0.368 e. The molecule has 3 rings (SSSR count). The zero-order valence-corrected chi connectivity index (χ0v) is 18.4. The van der Waals surface area contributed by atoms with Gasteiger partial charge < -0.3 is 10.1 Å². The molecule has 1 aliphatic heterocycles. The van der Waals surface area contributed by atoms with Crippen molar-refractivity contribution in [1.82, 2.24) is 14.5 Å². The summed E-state index contributed by atoms with van der Waals surface area (Å²) in [5, 5.41) is 2.86. The molecule has 7 nitrogen and oxygen atoms in total. The van der Waals surface area contributed by atoms with Crippen LogP contribution < -0.4 is 5.32 Å². The maximum absolute atomic E-state index is 12.6. The largest absolute Gasteiger partial charge is 0.368 e. The van der Waals surface area contributed by atoms with Crippen LogP contribution in [0, 0.1) is 0 Å². The molecule has 0 spiro atoms. The van der Waals surface area contributed by atoms with E-state index < -0.39 is 10.0 Å². The van der Waals surface area contributed by atoms with Crippen molar-refractivity contribution in [2.75, 3.05) is 33.7 Å². The number of carbonyl (C=O) groups is 1. The van der Waals surface area contributed by atoms with Gasteiger partial charge in [0.2, 0.25) is 15.9 Å². The molecular weight excluding hydrogens is 402 g/mol. The summed E-state index contributed by atoms with van der Waals surface area (Å²) >= 11 is 0. The Morgan fingerprint density at radius 2 is 1.77 bits per heavy atom. The second-order valence-electron chi connectivity index (χ2n) is 7.71. The number of hydrogen-bond acceptors (Lipinski definition) is 5. The predicted molar refractivity (Wildman–Crippen MR) is 115 cm³/mol. The Balaban J connectivity index is 1.61. The van der Waals surface area contributed by atoms with Crippen LogP contribution >= 0.6 is 0 Å². The Bertz CT molecular complexity index is 963. The first-order chi connectivity index (χ1) is 14.3. The first kappa shape index (κ1) is 22.4. The van der Waals surface area contributed by atoms with Crippen molar-refractivity contribution in [1.29, 1.82) is 0 Å². The molecule has 0 aliphatic carbocycles. The molecule has 1 saturated heterocycles. The molecule has 2 unspecified atom stereocenters. The molecule has 30 heavy (non-hydrogen) atoms. The van der Waals surface area contributed by atoms with E-state index in [0.717, 1.165) is 5.56 Å². The van der Waals surface area contributed by atoms with Crippen molar-refractivity contribution in [2.45, 2.75) is 30.6 Å². The third-order valence-corrected chi connectivity index (χ3v) is 7.00. The molecule has 0 aromatic heterocycles. The monoisotopic (exact) mass is 431 g/mol. The highest BCUT2D eigenvalue weighted by molar-refractivity contribution is 7.89. The summed E-state index contributed by atoms with van der Waals surface area (Å²) in [5.41, 5.74) is 1.66. The number of amides is 1. The molecule has 2 aromatic carbocycles. The normalized spacial score (nSPS) is 20.3. The third-order valence-electron chi connectivity index (χ3n) is 5.08. The smallest absolute Gasteiger partial charge is 0.242 e. The van der Waals surface area contributed by atoms with Crippen LogP contribution in [0.2, 0.25) is 0 Å². The number of benzene rings is 2. The molecular formula is C22H29N3O4S. The number of sulfonamides is 1. The van der Waals surface area contributed by atoms with Gasteiger partial charge in [-0.2, -0.15) is 0 Å². The minimum absolute atomic E-state index is 0.0164. The van der Waals surface area contributed by atoms with Crippen LogP contribution in [0.15, 0.2) is 59.5 Å². The van der Waals surface area contributed by atoms with E-state index in [4.69, 9.17) is 4.74 Å². The van der Waals surface area contributed by atoms with Gasteiger partial charge in [0.1, 0.15) is 0 Å². The molecule has 1 fully saturated rings. The van der Waals surface area contributed by atoms with Crippen molar-refractivity contribution in [3.8, 4) is 0 Å². The van der Waals surface area contributed by atoms with Crippen LogP contribution in [0.5, 0.6) is 0 Å². The zero-order valence-electron chi connectivity index (χ0n) is 17.6. The van der Waals surface area contributed by atoms with Crippen molar-refractivity contribution >= 4 is 15.9 Å². The standard InChI is InChI=1S/C22H29N3O4S/c1-17-14-25(15-20(29-17)18-9-5-4-6-10-18)16-22(26)23-13-19-11-7-8-12-21(19)30(27,28)24(2)3/h4-12,17,20H,13-16H2,1-3H3,(H,23,26). The second kappa shape index (κ2) is 9.70. The van der Waals surface area contributed by atoms with E-state index in [0.29, 0.717) is 18.7 Å². The van der Waals surface area contributed by atoms with E-state index in [-0.39, 0.29) is 36.1 Å². The highest BCUT2D eigenvalue weighted by Crippen LogP contribution is 2.25. The van der Waals surface area contributed by atoms with Gasteiger partial charge in [-0.3, -0.25) is 9.69 Å². The molecule has 0 bridgehead atoms. The van der Waals surface area contributed by atoms with E-state index >= 15 is 0 Å². The van der Waals surface area contributed by atoms with E-state index in [9.17, 15) is 13.2 Å². The van der Waals surface area contributed by atoms with Crippen molar-refractivity contribution in [3.05, 3.63) is 65.7 Å². The summed E-state index contributed by atoms with van der Waals surface area (Å²) in [5.74, 6) is -0.145. The minimum atomic E-state index is -3.57. The van der Waals surface area contributed by atoms with Crippen molar-refractivity contribution in [2.24, 2.45) is 0 Å². The fourth-order valence-corrected chi connectivity index (χ4v) is 4.69. The van der Waals surface area contributed by atoms with Crippen LogP contribution in [-0.4, -0.2) is 63.4 Å². The fourth-order valence-electron chi connectivity index (χ4n) is 3.57. The Morgan fingerprint density at radius 1 is 1.10 bits per heavy atom. The molecule has 1 N–H and O–H groups in total. The lowest BCUT2D eigenvalue weighted by atomic mass is 10.1. The van der Waals surface area contributed by atoms with Crippen LogP contribution in [0.4, 0.5) is 0 Å². The number of hydrogen-bond donors (Lipinski definition) is 1. The van der Waals surface area contributed by atoms with Gasteiger partial charge >= 0.3 is 0 Å². The Labute approximate surface area is 178 Å². The summed E-state index contributed by atoms with van der Waals surface area (Å²) in [4.78, 5) is 14.9. The molecule has 1 aliphatic rings. The predicted octanol–water partition coefficient (Wildman–Crippen LogP) is 2.02. The topological polar surface area (TPSA) is 79.0 Å². The lowest BCUT2D eigenvalue weighted by Crippen LogP contribution is -2.47. The molecule has 8 heteroatoms. The maximum atomic E-state index is 12.6. The average Bonchev–Trinajstić information content (AvgIpc) is 2.72. The molecule has 2 aromatic rings. The van der Waals surface area contributed by atoms with Gasteiger partial charge in [-0.25, -0.2) is 12.7 Å². The van der Waals surface area contributed by atoms with E-state index in [1.54, 1.807) is 24.3 Å². The quantitative estimate of drug-likeness (QED) is 0.726. The van der Waals surface area contributed by atoms with Gasteiger partial charge in [-0.05, 0) is 24.1 Å². The summed E-state index contributed by atoms with van der Waals surface area (Å²) in [6, 6.07) is 16.7. The van der Waals surface area contributed by atoms with Crippen molar-refractivity contribution < 1.29 is 17.9 Å². The molecule has 2 atom stereocenters. The lowest BCUT2D eigenvalue weighted by molar-refractivity contribution is -0.127. The summed E-state index contributed by atoms with van der Waals surface area (Å²) in [7, 11) is -0.586. The SMILES string of the molecule is CC1CN(CC(=O)NCc2ccccc2S(=O)(=O)N(C)C)CC(c2ccccc2)O1. The molecule has 1 amide bonds. The van der Waals surface area contributed by atoms with Crippen LogP contribution in [0.25, 0.3) is 0 Å². The molecule has 1 heterocycles. The van der Waals surface area contributed by atoms with Gasteiger partial charge in [0, 0.05) is 33.7 Å². The zero-order chi connectivity index (χ0) is 21.7. The number of nitrogens with zero attached hydrogens (tertiary/aromatic N) is 2. The Kier molecular flexibility index (Phi) is 7.25. The third kappa shape index (κ3) is 5.46. The van der Waals surface area contributed by atoms with E-state index in [2.05, 4.69) is 10.2 Å². The Hall–Kier alpha value is -2.26. The molecule has 0 radical (unpaired) electrons. The van der Waals surface area contributed by atoms with Crippen LogP contribution in [-0.2, 0) is 26.1 Å². The first-order valence-electron chi connectivity index (χ1n) is 9.97. The summed E-state index contributed by atoms with van der Waals surface area (Å²) < 4.78 is 32.2. The molecule has 162 valence electrons. The summed E-state index contributed by atoms with van der Waals surface area (Å²) in [6.07, 6.45) is -0.0589. The lowest BCUT2D eigenvalue weighted by Gasteiger charge is -2.36. The van der Waals surface area contributed by atoms with Gasteiger partial charge in [0.25, 0.3) is 0 Å². The first-order valence-corrected chi connectivity index (χ1v) is 11.4. The maximum Gasteiger partial charge on any atom is 0.242 e. The average molecular weight is 432 g/mol. The van der Waals surface area contributed by atoms with Crippen LogP contribution in [0.1, 0.15) is 24.2 Å². The number of ether oxygens (including phenoxy) is 1. The van der Waals surface area contributed by atoms with Gasteiger partial charge in [0.15, 0.2) is 0 Å². The van der Waals surface area contributed by atoms with Crippen molar-refractivity contribution in [3.63, 3.8) is 0 Å². The number of nitrogens with one attached hydrogen (secondary N) is 1. The fraction of sp³-hybridized carbons (Fsp3) is 0.409. The second-order valence-corrected chi connectivity index (χ2v) is 9.83. The van der Waals surface area contributed by atoms with E-state index in [1.165, 1.54) is 18.4 Å². The van der Waals surface area contributed by atoms with Crippen LogP contribution in [0.3, 0.4) is 0 Å². The van der Waals surface area contributed by atoms with Gasteiger partial charge in [-0.1, -0.05) is 48.5 Å². The number of rotatable bonds is 7.